The predicted octanol–water partition coefficient (Wildman–Crippen LogP) is 3.09. The van der Waals surface area contributed by atoms with Gasteiger partial charge in [0.25, 0.3) is 5.91 Å². The fourth-order valence-corrected chi connectivity index (χ4v) is 3.00. The molecular weight excluding hydrogens is 377 g/mol. The quantitative estimate of drug-likeness (QED) is 0.739. The molecule has 1 unspecified atom stereocenters. The van der Waals surface area contributed by atoms with E-state index in [1.54, 1.807) is 24.3 Å². The van der Waals surface area contributed by atoms with Crippen molar-refractivity contribution >= 4 is 47.2 Å². The van der Waals surface area contributed by atoms with Crippen molar-refractivity contribution < 1.29 is 9.59 Å². The Labute approximate surface area is 162 Å². The van der Waals surface area contributed by atoms with Crippen LogP contribution in [-0.4, -0.2) is 34.7 Å². The molecule has 0 spiro atoms. The van der Waals surface area contributed by atoms with Crippen LogP contribution >= 0.6 is 24.0 Å². The van der Waals surface area contributed by atoms with E-state index in [0.717, 1.165) is 25.9 Å². The molecule has 0 aliphatic carbocycles. The molecule has 2 aromatic rings. The van der Waals surface area contributed by atoms with Gasteiger partial charge in [0.15, 0.2) is 5.69 Å². The summed E-state index contributed by atoms with van der Waals surface area (Å²) in [4.78, 5) is 23.8. The van der Waals surface area contributed by atoms with Crippen molar-refractivity contribution in [1.29, 1.82) is 0 Å². The Kier molecular flexibility index (Phi) is 7.02. The number of piperidine rings is 1. The SMILES string of the molecule is CC(=O)Nc1ccc(Cl)cc1NC(=O)c1ccn(C2CCCNC2)n1.Cl. The Hall–Kier alpha value is -2.09. The summed E-state index contributed by atoms with van der Waals surface area (Å²) < 4.78 is 1.83. The highest BCUT2D eigenvalue weighted by atomic mass is 35.5. The van der Waals surface area contributed by atoms with E-state index in [4.69, 9.17) is 11.6 Å². The molecule has 0 saturated carbocycles. The van der Waals surface area contributed by atoms with Gasteiger partial charge in [-0.2, -0.15) is 5.10 Å². The van der Waals surface area contributed by atoms with Crippen molar-refractivity contribution in [1.82, 2.24) is 15.1 Å². The highest BCUT2D eigenvalue weighted by Gasteiger charge is 2.18. The molecule has 1 saturated heterocycles. The molecule has 7 nitrogen and oxygen atoms in total. The molecule has 1 aliphatic rings. The fraction of sp³-hybridized carbons (Fsp3) is 0.353. The Morgan fingerprint density at radius 1 is 1.27 bits per heavy atom. The smallest absolute Gasteiger partial charge is 0.276 e. The minimum absolute atomic E-state index is 0. The van der Waals surface area contributed by atoms with Gasteiger partial charge >= 0.3 is 0 Å². The predicted molar refractivity (Wildman–Crippen MR) is 104 cm³/mol. The molecule has 0 bridgehead atoms. The number of hydrogen-bond donors (Lipinski definition) is 3. The molecule has 1 atom stereocenters. The molecule has 2 amide bonds. The average Bonchev–Trinajstić information content (AvgIpc) is 3.08. The zero-order valence-electron chi connectivity index (χ0n) is 14.3. The van der Waals surface area contributed by atoms with E-state index in [1.807, 2.05) is 10.9 Å². The third kappa shape index (κ3) is 4.97. The van der Waals surface area contributed by atoms with E-state index in [0.29, 0.717) is 22.1 Å². The number of amides is 2. The second kappa shape index (κ2) is 9.02. The van der Waals surface area contributed by atoms with Crippen molar-refractivity contribution in [2.75, 3.05) is 23.7 Å². The number of halogens is 2. The zero-order chi connectivity index (χ0) is 17.8. The van der Waals surface area contributed by atoms with E-state index in [2.05, 4.69) is 21.0 Å². The van der Waals surface area contributed by atoms with Crippen LogP contribution in [-0.2, 0) is 4.79 Å². The summed E-state index contributed by atoms with van der Waals surface area (Å²) >= 11 is 6.00. The van der Waals surface area contributed by atoms with E-state index in [9.17, 15) is 9.59 Å². The fourth-order valence-electron chi connectivity index (χ4n) is 2.83. The second-order valence-electron chi connectivity index (χ2n) is 6.01. The first-order valence-electron chi connectivity index (χ1n) is 8.17. The molecule has 1 aliphatic heterocycles. The first kappa shape index (κ1) is 20.2. The molecule has 3 N–H and O–H groups in total. The van der Waals surface area contributed by atoms with Gasteiger partial charge in [-0.3, -0.25) is 14.3 Å². The molecule has 26 heavy (non-hydrogen) atoms. The molecule has 1 fully saturated rings. The Bertz CT molecular complexity index is 787. The first-order chi connectivity index (χ1) is 12.0. The lowest BCUT2D eigenvalue weighted by Crippen LogP contribution is -2.32. The Morgan fingerprint density at radius 2 is 2.08 bits per heavy atom. The molecule has 0 radical (unpaired) electrons. The highest BCUT2D eigenvalue weighted by molar-refractivity contribution is 6.31. The monoisotopic (exact) mass is 397 g/mol. The van der Waals surface area contributed by atoms with Gasteiger partial charge in [0, 0.05) is 24.7 Å². The van der Waals surface area contributed by atoms with Gasteiger partial charge in [-0.25, -0.2) is 0 Å². The number of anilines is 2. The maximum absolute atomic E-state index is 12.5. The van der Waals surface area contributed by atoms with Crippen molar-refractivity contribution in [3.05, 3.63) is 41.2 Å². The first-order valence-corrected chi connectivity index (χ1v) is 8.55. The van der Waals surface area contributed by atoms with Crippen molar-refractivity contribution in [3.63, 3.8) is 0 Å². The van der Waals surface area contributed by atoms with Crippen LogP contribution in [0.15, 0.2) is 30.5 Å². The van der Waals surface area contributed by atoms with Crippen LogP contribution in [0.1, 0.15) is 36.3 Å². The number of rotatable bonds is 4. The number of carbonyl (C=O) groups excluding carboxylic acids is 2. The summed E-state index contributed by atoms with van der Waals surface area (Å²) in [6, 6.07) is 6.83. The Morgan fingerprint density at radius 3 is 2.77 bits per heavy atom. The van der Waals surface area contributed by atoms with Gasteiger partial charge in [-0.15, -0.1) is 12.4 Å². The van der Waals surface area contributed by atoms with Crippen molar-refractivity contribution in [2.24, 2.45) is 0 Å². The number of hydrogen-bond acceptors (Lipinski definition) is 4. The van der Waals surface area contributed by atoms with Crippen LogP contribution in [0.5, 0.6) is 0 Å². The normalized spacial score (nSPS) is 16.5. The summed E-state index contributed by atoms with van der Waals surface area (Å²) in [6.07, 6.45) is 3.95. The summed E-state index contributed by atoms with van der Waals surface area (Å²) in [5.74, 6) is -0.580. The molecule has 9 heteroatoms. The van der Waals surface area contributed by atoms with Crippen molar-refractivity contribution in [2.45, 2.75) is 25.8 Å². The van der Waals surface area contributed by atoms with Gasteiger partial charge in [-0.05, 0) is 43.7 Å². The van der Waals surface area contributed by atoms with Crippen LogP contribution in [0.2, 0.25) is 5.02 Å². The molecule has 1 aromatic carbocycles. The highest BCUT2D eigenvalue weighted by Crippen LogP contribution is 2.26. The van der Waals surface area contributed by atoms with Gasteiger partial charge < -0.3 is 16.0 Å². The maximum atomic E-state index is 12.5. The molecule has 2 heterocycles. The average molecular weight is 398 g/mol. The third-order valence-electron chi connectivity index (χ3n) is 4.03. The van der Waals surface area contributed by atoms with Crippen molar-refractivity contribution in [3.8, 4) is 0 Å². The van der Waals surface area contributed by atoms with Gasteiger partial charge in [0.05, 0.1) is 17.4 Å². The second-order valence-corrected chi connectivity index (χ2v) is 6.44. The zero-order valence-corrected chi connectivity index (χ0v) is 15.9. The standard InChI is InChI=1S/C17H20ClN5O2.ClH/c1-11(24)20-14-5-4-12(18)9-16(14)21-17(25)15-6-8-23(22-15)13-3-2-7-19-10-13;/h4-6,8-9,13,19H,2-3,7,10H2,1H3,(H,20,24)(H,21,25);1H. The number of nitrogens with one attached hydrogen (secondary N) is 3. The number of aromatic nitrogens is 2. The van der Waals surface area contributed by atoms with Crippen LogP contribution in [0.25, 0.3) is 0 Å². The summed E-state index contributed by atoms with van der Waals surface area (Å²) in [5.41, 5.74) is 1.24. The van der Waals surface area contributed by atoms with Gasteiger partial charge in [0.1, 0.15) is 0 Å². The molecule has 3 rings (SSSR count). The third-order valence-corrected chi connectivity index (χ3v) is 4.26. The lowest BCUT2D eigenvalue weighted by atomic mass is 10.1. The lowest BCUT2D eigenvalue weighted by Gasteiger charge is -2.22. The van der Waals surface area contributed by atoms with Crippen LogP contribution in [0.3, 0.4) is 0 Å². The number of carbonyl (C=O) groups is 2. The number of benzene rings is 1. The van der Waals surface area contributed by atoms with Crippen LogP contribution in [0.4, 0.5) is 11.4 Å². The summed E-state index contributed by atoms with van der Waals surface area (Å²) in [5, 5.41) is 13.6. The minimum Gasteiger partial charge on any atom is -0.325 e. The Balaban J connectivity index is 0.00000243. The largest absolute Gasteiger partial charge is 0.325 e. The summed E-state index contributed by atoms with van der Waals surface area (Å²) in [7, 11) is 0. The van der Waals surface area contributed by atoms with E-state index >= 15 is 0 Å². The van der Waals surface area contributed by atoms with Crippen LogP contribution < -0.4 is 16.0 Å². The molecule has 140 valence electrons. The topological polar surface area (TPSA) is 88.0 Å². The van der Waals surface area contributed by atoms with E-state index in [-0.39, 0.29) is 30.3 Å². The van der Waals surface area contributed by atoms with Gasteiger partial charge in [-0.1, -0.05) is 11.6 Å². The molecular formula is C17H21Cl2N5O2. The number of nitrogens with zero attached hydrogens (tertiary/aromatic N) is 2. The lowest BCUT2D eigenvalue weighted by molar-refractivity contribution is -0.114. The van der Waals surface area contributed by atoms with E-state index in [1.165, 1.54) is 6.92 Å². The van der Waals surface area contributed by atoms with Crippen LogP contribution in [0, 0.1) is 0 Å². The summed E-state index contributed by atoms with van der Waals surface area (Å²) in [6.45, 7) is 3.27. The maximum Gasteiger partial charge on any atom is 0.276 e. The van der Waals surface area contributed by atoms with E-state index < -0.39 is 0 Å². The molecule has 1 aromatic heterocycles. The van der Waals surface area contributed by atoms with Gasteiger partial charge in [0.2, 0.25) is 5.91 Å². The minimum atomic E-state index is -0.351.